The Morgan fingerprint density at radius 3 is 2.39 bits per heavy atom. The zero-order chi connectivity index (χ0) is 18.9. The topological polar surface area (TPSA) is 65.9 Å². The Labute approximate surface area is 184 Å². The maximum absolute atomic E-state index is 5.58. The first-order valence-electron chi connectivity index (χ1n) is 9.44. The van der Waals surface area contributed by atoms with Crippen molar-refractivity contribution in [3.8, 4) is 0 Å². The summed E-state index contributed by atoms with van der Waals surface area (Å²) < 4.78 is 5.58. The van der Waals surface area contributed by atoms with Gasteiger partial charge in [-0.15, -0.1) is 24.0 Å². The maximum Gasteiger partial charge on any atom is 0.225 e. The molecule has 3 rings (SSSR count). The van der Waals surface area contributed by atoms with E-state index in [-0.39, 0.29) is 24.0 Å². The molecular formula is C20H29IN6O. The number of aliphatic imine (C=N–C) groups is 1. The van der Waals surface area contributed by atoms with Crippen LogP contribution in [-0.2, 0) is 17.9 Å². The van der Waals surface area contributed by atoms with E-state index in [4.69, 9.17) is 4.74 Å². The lowest BCUT2D eigenvalue weighted by Crippen LogP contribution is -2.52. The van der Waals surface area contributed by atoms with Crippen LogP contribution in [0.15, 0.2) is 47.7 Å². The summed E-state index contributed by atoms with van der Waals surface area (Å²) in [7, 11) is 1.83. The van der Waals surface area contributed by atoms with Crippen LogP contribution in [0.3, 0.4) is 0 Å². The molecule has 0 amide bonds. The molecule has 8 heteroatoms. The summed E-state index contributed by atoms with van der Waals surface area (Å²) in [5.74, 6) is 1.72. The fraction of sp³-hybridized carbons (Fsp3) is 0.450. The van der Waals surface area contributed by atoms with Crippen molar-refractivity contribution in [3.05, 3.63) is 53.9 Å². The van der Waals surface area contributed by atoms with Gasteiger partial charge in [0.25, 0.3) is 0 Å². The first-order chi connectivity index (χ1) is 13.3. The summed E-state index contributed by atoms with van der Waals surface area (Å²) in [5.41, 5.74) is 2.46. The number of rotatable bonds is 6. The molecule has 1 aliphatic heterocycles. The molecule has 0 saturated carbocycles. The van der Waals surface area contributed by atoms with Gasteiger partial charge in [0.05, 0.1) is 6.61 Å². The summed E-state index contributed by atoms with van der Waals surface area (Å²) in [6.45, 7) is 7.65. The highest BCUT2D eigenvalue weighted by Gasteiger charge is 2.21. The van der Waals surface area contributed by atoms with Crippen molar-refractivity contribution in [2.75, 3.05) is 44.7 Å². The average Bonchev–Trinajstić information content (AvgIpc) is 2.74. The van der Waals surface area contributed by atoms with Gasteiger partial charge in [-0.2, -0.15) is 0 Å². The van der Waals surface area contributed by atoms with E-state index in [1.165, 1.54) is 11.1 Å². The monoisotopic (exact) mass is 496 g/mol. The molecule has 0 atom stereocenters. The lowest BCUT2D eigenvalue weighted by Gasteiger charge is -2.36. The number of nitrogens with zero attached hydrogens (tertiary/aromatic N) is 5. The van der Waals surface area contributed by atoms with Crippen LogP contribution >= 0.6 is 24.0 Å². The van der Waals surface area contributed by atoms with Crippen LogP contribution in [-0.4, -0.2) is 60.7 Å². The van der Waals surface area contributed by atoms with E-state index < -0.39 is 0 Å². The number of piperazine rings is 1. The van der Waals surface area contributed by atoms with E-state index >= 15 is 0 Å². The van der Waals surface area contributed by atoms with Gasteiger partial charge >= 0.3 is 0 Å². The molecule has 1 aromatic heterocycles. The van der Waals surface area contributed by atoms with Gasteiger partial charge in [0.15, 0.2) is 5.96 Å². The van der Waals surface area contributed by atoms with Gasteiger partial charge in [-0.05, 0) is 24.1 Å². The molecule has 1 aliphatic rings. The number of halogens is 1. The van der Waals surface area contributed by atoms with Crippen LogP contribution in [0.1, 0.15) is 18.1 Å². The van der Waals surface area contributed by atoms with Crippen LogP contribution < -0.4 is 10.2 Å². The first-order valence-corrected chi connectivity index (χ1v) is 9.44. The van der Waals surface area contributed by atoms with Gasteiger partial charge < -0.3 is 19.9 Å². The van der Waals surface area contributed by atoms with Gasteiger partial charge in [-0.3, -0.25) is 4.99 Å². The Bertz CT molecular complexity index is 734. The maximum atomic E-state index is 5.58. The zero-order valence-electron chi connectivity index (χ0n) is 16.5. The quantitative estimate of drug-likeness (QED) is 0.377. The normalized spacial score (nSPS) is 14.6. The Balaban J connectivity index is 0.00000280. The fourth-order valence-electron chi connectivity index (χ4n) is 3.16. The second-order valence-electron chi connectivity index (χ2n) is 6.33. The lowest BCUT2D eigenvalue weighted by molar-refractivity contribution is 0.133. The Hall–Kier alpha value is -1.94. The molecule has 0 bridgehead atoms. The van der Waals surface area contributed by atoms with Crippen molar-refractivity contribution in [1.29, 1.82) is 0 Å². The van der Waals surface area contributed by atoms with E-state index in [9.17, 15) is 0 Å². The molecule has 2 heterocycles. The third-order valence-electron chi connectivity index (χ3n) is 4.64. The van der Waals surface area contributed by atoms with Gasteiger partial charge in [0.2, 0.25) is 5.95 Å². The fourth-order valence-corrected chi connectivity index (χ4v) is 3.16. The molecule has 0 radical (unpaired) electrons. The number of ether oxygens (including phenoxy) is 1. The number of anilines is 1. The number of aromatic nitrogens is 2. The largest absolute Gasteiger partial charge is 0.377 e. The number of guanidine groups is 1. The molecule has 28 heavy (non-hydrogen) atoms. The molecule has 2 aromatic rings. The minimum absolute atomic E-state index is 0. The summed E-state index contributed by atoms with van der Waals surface area (Å²) in [6, 6.07) is 10.2. The van der Waals surface area contributed by atoms with Crippen LogP contribution in [0.2, 0.25) is 0 Å². The zero-order valence-corrected chi connectivity index (χ0v) is 18.9. The number of hydrogen-bond acceptors (Lipinski definition) is 5. The van der Waals surface area contributed by atoms with Gasteiger partial charge in [0.1, 0.15) is 0 Å². The van der Waals surface area contributed by atoms with Crippen molar-refractivity contribution in [3.63, 3.8) is 0 Å². The number of hydrogen-bond donors (Lipinski definition) is 1. The number of nitrogens with one attached hydrogen (secondary N) is 1. The third-order valence-corrected chi connectivity index (χ3v) is 4.64. The molecule has 0 spiro atoms. The van der Waals surface area contributed by atoms with Crippen molar-refractivity contribution >= 4 is 35.9 Å². The van der Waals surface area contributed by atoms with Crippen molar-refractivity contribution in [2.24, 2.45) is 4.99 Å². The minimum Gasteiger partial charge on any atom is -0.377 e. The van der Waals surface area contributed by atoms with Gasteiger partial charge in [0, 0.05) is 58.8 Å². The molecule has 0 aliphatic carbocycles. The van der Waals surface area contributed by atoms with E-state index in [0.717, 1.165) is 51.2 Å². The minimum atomic E-state index is 0. The highest BCUT2D eigenvalue weighted by Crippen LogP contribution is 2.12. The predicted molar refractivity (Wildman–Crippen MR) is 123 cm³/mol. The Morgan fingerprint density at radius 2 is 1.75 bits per heavy atom. The Morgan fingerprint density at radius 1 is 1.07 bits per heavy atom. The van der Waals surface area contributed by atoms with Gasteiger partial charge in [-0.25, -0.2) is 9.97 Å². The molecule has 1 saturated heterocycles. The van der Waals surface area contributed by atoms with Crippen molar-refractivity contribution in [1.82, 2.24) is 20.2 Å². The van der Waals surface area contributed by atoms with E-state index in [2.05, 4.69) is 54.3 Å². The SMILES string of the molecule is CCOCc1ccccc1CNC(=NC)N1CCN(c2ncccn2)CC1.I. The molecule has 0 unspecified atom stereocenters. The third kappa shape index (κ3) is 6.03. The van der Waals surface area contributed by atoms with E-state index in [1.807, 2.05) is 20.0 Å². The van der Waals surface area contributed by atoms with Gasteiger partial charge in [-0.1, -0.05) is 24.3 Å². The summed E-state index contributed by atoms with van der Waals surface area (Å²) in [6.07, 6.45) is 3.57. The molecule has 1 aromatic carbocycles. The summed E-state index contributed by atoms with van der Waals surface area (Å²) in [5, 5.41) is 3.50. The first kappa shape index (κ1) is 22.4. The Kier molecular flexibility index (Phi) is 9.42. The summed E-state index contributed by atoms with van der Waals surface area (Å²) >= 11 is 0. The molecule has 7 nitrogen and oxygen atoms in total. The van der Waals surface area contributed by atoms with Crippen LogP contribution in [0, 0.1) is 0 Å². The van der Waals surface area contributed by atoms with Crippen molar-refractivity contribution < 1.29 is 4.74 Å². The van der Waals surface area contributed by atoms with E-state index in [1.54, 1.807) is 12.4 Å². The van der Waals surface area contributed by atoms with Crippen LogP contribution in [0.25, 0.3) is 0 Å². The second-order valence-corrected chi connectivity index (χ2v) is 6.33. The molecule has 1 fully saturated rings. The predicted octanol–water partition coefficient (Wildman–Crippen LogP) is 2.53. The lowest BCUT2D eigenvalue weighted by atomic mass is 10.1. The second kappa shape index (κ2) is 11.8. The molecule has 152 valence electrons. The number of benzene rings is 1. The standard InChI is InChI=1S/C20H28N6O.HI/c1-3-27-16-18-8-5-4-7-17(18)15-24-19(21-2)25-11-13-26(14-12-25)20-22-9-6-10-23-20;/h4-10H,3,11-16H2,1-2H3,(H,21,24);1H. The highest BCUT2D eigenvalue weighted by atomic mass is 127. The van der Waals surface area contributed by atoms with Crippen LogP contribution in [0.5, 0.6) is 0 Å². The smallest absolute Gasteiger partial charge is 0.225 e. The summed E-state index contributed by atoms with van der Waals surface area (Å²) in [4.78, 5) is 17.6. The van der Waals surface area contributed by atoms with Crippen molar-refractivity contribution in [2.45, 2.75) is 20.1 Å². The highest BCUT2D eigenvalue weighted by molar-refractivity contribution is 14.0. The van der Waals surface area contributed by atoms with E-state index in [0.29, 0.717) is 6.61 Å². The molecule has 1 N–H and O–H groups in total. The average molecular weight is 496 g/mol. The van der Waals surface area contributed by atoms with Crippen LogP contribution in [0.4, 0.5) is 5.95 Å². The molecular weight excluding hydrogens is 467 g/mol.